The minimum atomic E-state index is -0.421. The average Bonchev–Trinajstić information content (AvgIpc) is 2.36. The summed E-state index contributed by atoms with van der Waals surface area (Å²) in [7, 11) is 0. The first-order chi connectivity index (χ1) is 8.93. The van der Waals surface area contributed by atoms with Crippen molar-refractivity contribution in [2.45, 2.75) is 53.0 Å². The van der Waals surface area contributed by atoms with Crippen molar-refractivity contribution in [2.24, 2.45) is 17.1 Å². The van der Waals surface area contributed by atoms with Crippen LogP contribution in [0, 0.1) is 11.3 Å². The highest BCUT2D eigenvalue weighted by atomic mass is 16.2. The van der Waals surface area contributed by atoms with Gasteiger partial charge in [-0.05, 0) is 38.1 Å². The van der Waals surface area contributed by atoms with Crippen LogP contribution >= 0.6 is 0 Å². The third-order valence-corrected chi connectivity index (χ3v) is 4.34. The molecule has 0 bridgehead atoms. The molecule has 0 unspecified atom stereocenters. The van der Waals surface area contributed by atoms with Gasteiger partial charge in [0.15, 0.2) is 0 Å². The maximum absolute atomic E-state index is 12.1. The number of hydrogen-bond acceptors (Lipinski definition) is 3. The van der Waals surface area contributed by atoms with Crippen LogP contribution in [-0.2, 0) is 9.59 Å². The number of primary amides is 1. The topological polar surface area (TPSA) is 75.4 Å². The molecule has 0 aromatic rings. The number of hydrogen-bond donors (Lipinski definition) is 2. The van der Waals surface area contributed by atoms with Crippen molar-refractivity contribution in [1.82, 2.24) is 10.2 Å². The van der Waals surface area contributed by atoms with Crippen molar-refractivity contribution in [2.75, 3.05) is 19.6 Å². The first-order valence-corrected chi connectivity index (χ1v) is 7.24. The number of amides is 2. The monoisotopic (exact) mass is 283 g/mol. The molecule has 2 amide bonds. The molecule has 1 saturated heterocycles. The molecule has 1 saturated carbocycles. The van der Waals surface area contributed by atoms with Crippen molar-refractivity contribution < 1.29 is 9.59 Å². The van der Waals surface area contributed by atoms with E-state index in [1.54, 1.807) is 4.90 Å². The molecule has 2 rings (SSSR count). The van der Waals surface area contributed by atoms with Crippen molar-refractivity contribution in [3.8, 4) is 0 Å². The Morgan fingerprint density at radius 1 is 1.45 bits per heavy atom. The lowest BCUT2D eigenvalue weighted by molar-refractivity contribution is -0.165. The smallest absolute Gasteiger partial charge is 0.237 e. The maximum atomic E-state index is 12.1. The second-order valence-corrected chi connectivity index (χ2v) is 6.48. The average molecular weight is 283 g/mol. The molecule has 1 aliphatic heterocycles. The zero-order chi connectivity index (χ0) is 14.0. The lowest BCUT2D eigenvalue weighted by atomic mass is 9.66. The molecular formula is C15H29N3O2. The second-order valence-electron chi connectivity index (χ2n) is 6.48. The number of rotatable bonds is 5. The van der Waals surface area contributed by atoms with Crippen LogP contribution < -0.4 is 11.1 Å². The van der Waals surface area contributed by atoms with Gasteiger partial charge in [-0.1, -0.05) is 21.3 Å². The standard InChI is InChI=1S/C14H25N3O2.CH4/c1-10(2)7-16-11-3-5-14(6-4-11)9-17(13(14)19)8-12(15)18;/h10-11,16H,3-9H2,1-2H3,(H2,15,18);1H4. The fourth-order valence-corrected chi connectivity index (χ4v) is 3.21. The first-order valence-electron chi connectivity index (χ1n) is 7.24. The Kier molecular flexibility index (Phi) is 5.57. The normalized spacial score (nSPS) is 29.2. The summed E-state index contributed by atoms with van der Waals surface area (Å²) in [6, 6.07) is 0.547. The lowest BCUT2D eigenvalue weighted by Crippen LogP contribution is -2.64. The van der Waals surface area contributed by atoms with Crippen LogP contribution in [0.15, 0.2) is 0 Å². The fourth-order valence-electron chi connectivity index (χ4n) is 3.21. The van der Waals surface area contributed by atoms with Crippen molar-refractivity contribution in [3.63, 3.8) is 0 Å². The molecule has 2 aliphatic rings. The molecular weight excluding hydrogens is 254 g/mol. The van der Waals surface area contributed by atoms with E-state index in [0.717, 1.165) is 32.2 Å². The summed E-state index contributed by atoms with van der Waals surface area (Å²) >= 11 is 0. The molecule has 116 valence electrons. The van der Waals surface area contributed by atoms with E-state index >= 15 is 0 Å². The van der Waals surface area contributed by atoms with Crippen molar-refractivity contribution in [1.29, 1.82) is 0 Å². The number of nitrogens with zero attached hydrogens (tertiary/aromatic N) is 1. The van der Waals surface area contributed by atoms with E-state index in [9.17, 15) is 9.59 Å². The molecule has 0 radical (unpaired) electrons. The highest BCUT2D eigenvalue weighted by Gasteiger charge is 2.53. The number of β-lactam (4-membered cyclic amide) rings is 1. The van der Waals surface area contributed by atoms with E-state index in [2.05, 4.69) is 19.2 Å². The van der Waals surface area contributed by atoms with Crippen LogP contribution in [-0.4, -0.2) is 42.4 Å². The van der Waals surface area contributed by atoms with Gasteiger partial charge in [0.25, 0.3) is 0 Å². The molecule has 5 heteroatoms. The number of carbonyl (C=O) groups is 2. The molecule has 0 atom stereocenters. The van der Waals surface area contributed by atoms with Gasteiger partial charge in [0, 0.05) is 12.6 Å². The van der Waals surface area contributed by atoms with Gasteiger partial charge >= 0.3 is 0 Å². The largest absolute Gasteiger partial charge is 0.368 e. The van der Waals surface area contributed by atoms with Crippen LogP contribution in [0.5, 0.6) is 0 Å². The van der Waals surface area contributed by atoms with Crippen LogP contribution in [0.3, 0.4) is 0 Å². The lowest BCUT2D eigenvalue weighted by Gasteiger charge is -2.51. The van der Waals surface area contributed by atoms with Gasteiger partial charge in [0.1, 0.15) is 0 Å². The Hall–Kier alpha value is -1.10. The molecule has 0 aromatic carbocycles. The maximum Gasteiger partial charge on any atom is 0.237 e. The molecule has 1 aliphatic carbocycles. The molecule has 1 heterocycles. The van der Waals surface area contributed by atoms with Gasteiger partial charge in [-0.15, -0.1) is 0 Å². The Balaban J connectivity index is 0.00000200. The highest BCUT2D eigenvalue weighted by molar-refractivity contribution is 5.92. The summed E-state index contributed by atoms with van der Waals surface area (Å²) in [6.45, 7) is 6.24. The van der Waals surface area contributed by atoms with E-state index < -0.39 is 5.91 Å². The van der Waals surface area contributed by atoms with Crippen LogP contribution in [0.1, 0.15) is 47.0 Å². The summed E-state index contributed by atoms with van der Waals surface area (Å²) in [5.74, 6) is 0.372. The number of nitrogens with one attached hydrogen (secondary N) is 1. The summed E-state index contributed by atoms with van der Waals surface area (Å²) < 4.78 is 0. The van der Waals surface area contributed by atoms with Crippen LogP contribution in [0.4, 0.5) is 0 Å². The molecule has 1 spiro atoms. The molecule has 20 heavy (non-hydrogen) atoms. The predicted octanol–water partition coefficient (Wildman–Crippen LogP) is 1.12. The van der Waals surface area contributed by atoms with Gasteiger partial charge in [-0.25, -0.2) is 0 Å². The SMILES string of the molecule is C.CC(C)CNC1CCC2(CC1)CN(CC(N)=O)C2=O. The third kappa shape index (κ3) is 3.51. The first kappa shape index (κ1) is 17.0. The fraction of sp³-hybridized carbons (Fsp3) is 0.867. The Labute approximate surface area is 122 Å². The van der Waals surface area contributed by atoms with Crippen LogP contribution in [0.2, 0.25) is 0 Å². The zero-order valence-electron chi connectivity index (χ0n) is 11.9. The van der Waals surface area contributed by atoms with Gasteiger partial charge < -0.3 is 16.0 Å². The quantitative estimate of drug-likeness (QED) is 0.743. The van der Waals surface area contributed by atoms with Crippen LogP contribution in [0.25, 0.3) is 0 Å². The van der Waals surface area contributed by atoms with Gasteiger partial charge in [-0.2, -0.15) is 0 Å². The molecule has 3 N–H and O–H groups in total. The summed E-state index contributed by atoms with van der Waals surface area (Å²) in [5, 5.41) is 3.57. The Bertz CT molecular complexity index is 360. The number of nitrogens with two attached hydrogens (primary N) is 1. The third-order valence-electron chi connectivity index (χ3n) is 4.34. The second kappa shape index (κ2) is 6.57. The number of likely N-dealkylation sites (tertiary alicyclic amines) is 1. The molecule has 2 fully saturated rings. The van der Waals surface area contributed by atoms with Gasteiger partial charge in [0.2, 0.25) is 11.8 Å². The Morgan fingerprint density at radius 2 is 2.05 bits per heavy atom. The van der Waals surface area contributed by atoms with E-state index in [4.69, 9.17) is 5.73 Å². The summed E-state index contributed by atoms with van der Waals surface area (Å²) in [4.78, 5) is 24.6. The molecule has 5 nitrogen and oxygen atoms in total. The minimum Gasteiger partial charge on any atom is -0.368 e. The highest BCUT2D eigenvalue weighted by Crippen LogP contribution is 2.44. The van der Waals surface area contributed by atoms with E-state index in [1.807, 2.05) is 0 Å². The van der Waals surface area contributed by atoms with E-state index in [-0.39, 0.29) is 25.3 Å². The number of carbonyl (C=O) groups excluding carboxylic acids is 2. The van der Waals surface area contributed by atoms with Gasteiger partial charge in [-0.3, -0.25) is 9.59 Å². The predicted molar refractivity (Wildman–Crippen MR) is 80.0 cm³/mol. The molecule has 0 aromatic heterocycles. The zero-order valence-corrected chi connectivity index (χ0v) is 11.9. The Morgan fingerprint density at radius 3 is 2.50 bits per heavy atom. The van der Waals surface area contributed by atoms with E-state index in [0.29, 0.717) is 18.5 Å². The van der Waals surface area contributed by atoms with Gasteiger partial charge in [0.05, 0.1) is 12.0 Å². The summed E-state index contributed by atoms with van der Waals surface area (Å²) in [6.07, 6.45) is 4.00. The van der Waals surface area contributed by atoms with E-state index in [1.165, 1.54) is 0 Å². The van der Waals surface area contributed by atoms with Crippen molar-refractivity contribution in [3.05, 3.63) is 0 Å². The van der Waals surface area contributed by atoms with Crippen molar-refractivity contribution >= 4 is 11.8 Å². The minimum absolute atomic E-state index is 0. The summed E-state index contributed by atoms with van der Waals surface area (Å²) in [5.41, 5.74) is 4.95.